The second kappa shape index (κ2) is 16.1. The molecular formula is C46H54N8O2. The number of aromatic nitrogens is 5. The van der Waals surface area contributed by atoms with Crippen LogP contribution in [0.15, 0.2) is 93.8 Å². The topological polar surface area (TPSA) is 127 Å². The van der Waals surface area contributed by atoms with E-state index >= 15 is 0 Å². The molecule has 0 radical (unpaired) electrons. The molecule has 290 valence electrons. The zero-order valence-corrected chi connectivity index (χ0v) is 34.0. The summed E-state index contributed by atoms with van der Waals surface area (Å²) in [5.41, 5.74) is 9.26. The minimum atomic E-state index is 0.0305. The van der Waals surface area contributed by atoms with Gasteiger partial charge in [0, 0.05) is 29.0 Å². The molecule has 0 aliphatic rings. The summed E-state index contributed by atoms with van der Waals surface area (Å²) in [5.74, 6) is 3.04. The molecule has 1 unspecified atom stereocenters. The zero-order chi connectivity index (χ0) is 39.5. The highest BCUT2D eigenvalue weighted by atomic mass is 16.4. The number of nitrogens with zero attached hydrogens (tertiary/aromatic N) is 5. The summed E-state index contributed by atoms with van der Waals surface area (Å²) in [5, 5.41) is 10.3. The fourth-order valence-electron chi connectivity index (χ4n) is 6.59. The molecule has 0 fully saturated rings. The van der Waals surface area contributed by atoms with Crippen molar-refractivity contribution < 1.29 is 8.83 Å². The van der Waals surface area contributed by atoms with Crippen molar-refractivity contribution in [3.63, 3.8) is 0 Å². The molecule has 7 rings (SSSR count). The highest BCUT2D eigenvalue weighted by Crippen LogP contribution is 2.33. The number of rotatable bonds is 15. The third kappa shape index (κ3) is 8.85. The Bertz CT molecular complexity index is 2410. The normalized spacial score (nSPS) is 12.6. The fourth-order valence-corrected chi connectivity index (χ4v) is 6.59. The van der Waals surface area contributed by atoms with Crippen molar-refractivity contribution in [3.05, 3.63) is 96.1 Å². The lowest BCUT2D eigenvalue weighted by Gasteiger charge is -2.22. The van der Waals surface area contributed by atoms with Gasteiger partial charge in [0.15, 0.2) is 11.2 Å². The molecule has 10 heteroatoms. The molecule has 0 amide bonds. The van der Waals surface area contributed by atoms with Crippen LogP contribution in [0.25, 0.3) is 45.1 Å². The molecule has 3 N–H and O–H groups in total. The van der Waals surface area contributed by atoms with Gasteiger partial charge in [0.25, 0.3) is 0 Å². The molecule has 0 saturated carbocycles. The number of unbranched alkanes of at least 4 members (excludes halogenated alkanes) is 1. The smallest absolute Gasteiger partial charge is 0.233 e. The molecule has 4 aromatic carbocycles. The first kappa shape index (κ1) is 38.5. The van der Waals surface area contributed by atoms with Crippen molar-refractivity contribution in [1.29, 1.82) is 0 Å². The van der Waals surface area contributed by atoms with Crippen LogP contribution in [0.3, 0.4) is 0 Å². The van der Waals surface area contributed by atoms with Gasteiger partial charge in [0.2, 0.25) is 29.6 Å². The lowest BCUT2D eigenvalue weighted by atomic mass is 9.82. The van der Waals surface area contributed by atoms with Gasteiger partial charge in [-0.15, -0.1) is 0 Å². The Morgan fingerprint density at radius 1 is 0.589 bits per heavy atom. The van der Waals surface area contributed by atoms with Gasteiger partial charge in [-0.05, 0) is 114 Å². The summed E-state index contributed by atoms with van der Waals surface area (Å²) in [7, 11) is 0. The maximum absolute atomic E-state index is 6.15. The summed E-state index contributed by atoms with van der Waals surface area (Å²) >= 11 is 0. The Labute approximate surface area is 330 Å². The van der Waals surface area contributed by atoms with Gasteiger partial charge in [-0.25, -0.2) is 9.97 Å². The number of fused-ring (bicyclic) bond motifs is 2. The van der Waals surface area contributed by atoms with E-state index < -0.39 is 0 Å². The third-order valence-corrected chi connectivity index (χ3v) is 10.8. The first-order valence-corrected chi connectivity index (χ1v) is 20.0. The van der Waals surface area contributed by atoms with Crippen molar-refractivity contribution in [2.24, 2.45) is 5.92 Å². The van der Waals surface area contributed by atoms with Crippen molar-refractivity contribution in [2.45, 2.75) is 98.3 Å². The first-order valence-electron chi connectivity index (χ1n) is 20.0. The van der Waals surface area contributed by atoms with Crippen LogP contribution in [-0.2, 0) is 10.8 Å². The Hall–Kier alpha value is -5.77. The van der Waals surface area contributed by atoms with Crippen LogP contribution in [0.2, 0.25) is 0 Å². The number of hydrogen-bond acceptors (Lipinski definition) is 10. The number of benzene rings is 4. The first-order chi connectivity index (χ1) is 26.9. The highest BCUT2D eigenvalue weighted by Gasteiger charge is 2.20. The molecule has 1 atom stereocenters. The van der Waals surface area contributed by atoms with E-state index in [2.05, 4.69) is 95.6 Å². The number of oxazole rings is 2. The van der Waals surface area contributed by atoms with E-state index in [0.29, 0.717) is 35.5 Å². The van der Waals surface area contributed by atoms with Gasteiger partial charge in [-0.2, -0.15) is 15.0 Å². The largest absolute Gasteiger partial charge is 0.436 e. The van der Waals surface area contributed by atoms with Gasteiger partial charge in [0.1, 0.15) is 11.0 Å². The lowest BCUT2D eigenvalue weighted by molar-refractivity contribution is 0.472. The Morgan fingerprint density at radius 3 is 1.57 bits per heavy atom. The Balaban J connectivity index is 1.10. The van der Waals surface area contributed by atoms with E-state index in [1.165, 1.54) is 24.0 Å². The van der Waals surface area contributed by atoms with Crippen LogP contribution in [0, 0.1) is 5.92 Å². The van der Waals surface area contributed by atoms with Crippen LogP contribution in [0.5, 0.6) is 0 Å². The van der Waals surface area contributed by atoms with Crippen LogP contribution in [0.1, 0.15) is 98.6 Å². The average Bonchev–Trinajstić information content (AvgIpc) is 3.82. The number of hydrogen-bond donors (Lipinski definition) is 3. The minimum Gasteiger partial charge on any atom is -0.436 e. The molecule has 0 bridgehead atoms. The molecule has 0 spiro atoms. The molecule has 3 aromatic heterocycles. The number of nitrogens with one attached hydrogen (secondary N) is 3. The highest BCUT2D eigenvalue weighted by molar-refractivity contribution is 5.79. The van der Waals surface area contributed by atoms with Crippen LogP contribution in [0.4, 0.5) is 29.2 Å². The van der Waals surface area contributed by atoms with Crippen molar-refractivity contribution in [1.82, 2.24) is 24.9 Å². The van der Waals surface area contributed by atoms with E-state index in [1.807, 2.05) is 60.7 Å². The molecule has 0 aliphatic heterocycles. The monoisotopic (exact) mass is 750 g/mol. The second-order valence-electron chi connectivity index (χ2n) is 16.4. The van der Waals surface area contributed by atoms with Gasteiger partial charge in [0.05, 0.1) is 0 Å². The number of anilines is 5. The average molecular weight is 751 g/mol. The SMILES string of the molecule is CCCCC(CC)CNc1nc(Nc2ccc(-c3nc4cc(C(C)(C)C)ccc4o3)cc2)nc(Nc2ccc(-c3nc4cc(C(C)(C)CC)ccc4o3)cc2)n1. The maximum atomic E-state index is 6.15. The zero-order valence-electron chi connectivity index (χ0n) is 34.0. The summed E-state index contributed by atoms with van der Waals surface area (Å²) < 4.78 is 12.3. The van der Waals surface area contributed by atoms with E-state index in [1.54, 1.807) is 0 Å². The quantitative estimate of drug-likeness (QED) is 0.0931. The molecule has 3 heterocycles. The van der Waals surface area contributed by atoms with Gasteiger partial charge in [-0.1, -0.05) is 86.8 Å². The van der Waals surface area contributed by atoms with Gasteiger partial charge in [-0.3, -0.25) is 0 Å². The van der Waals surface area contributed by atoms with Crippen LogP contribution in [-0.4, -0.2) is 31.5 Å². The summed E-state index contributed by atoms with van der Waals surface area (Å²) in [6, 6.07) is 28.4. The molecule has 0 saturated heterocycles. The Kier molecular flexibility index (Phi) is 11.1. The molecule has 7 aromatic rings. The van der Waals surface area contributed by atoms with Crippen molar-refractivity contribution in [3.8, 4) is 22.9 Å². The van der Waals surface area contributed by atoms with Crippen LogP contribution >= 0.6 is 0 Å². The summed E-state index contributed by atoms with van der Waals surface area (Å²) in [6.45, 7) is 18.6. The molecule has 56 heavy (non-hydrogen) atoms. The Morgan fingerprint density at radius 2 is 1.09 bits per heavy atom. The maximum Gasteiger partial charge on any atom is 0.233 e. The molecular weight excluding hydrogens is 697 g/mol. The third-order valence-electron chi connectivity index (χ3n) is 10.8. The van der Waals surface area contributed by atoms with E-state index in [-0.39, 0.29) is 10.8 Å². The lowest BCUT2D eigenvalue weighted by Crippen LogP contribution is -2.16. The minimum absolute atomic E-state index is 0.0305. The van der Waals surface area contributed by atoms with E-state index in [0.717, 1.165) is 70.5 Å². The van der Waals surface area contributed by atoms with Crippen molar-refractivity contribution in [2.75, 3.05) is 22.5 Å². The second-order valence-corrected chi connectivity index (χ2v) is 16.4. The predicted molar refractivity (Wildman–Crippen MR) is 229 cm³/mol. The fraction of sp³-hybridized carbons (Fsp3) is 0.370. The van der Waals surface area contributed by atoms with Crippen LogP contribution < -0.4 is 16.0 Å². The standard InChI is InChI=1S/C46H54N8O2/c1-9-12-13-29(10-2)28-47-42-52-43(48-34-20-14-30(15-21-34)40-50-36-26-32(45(4,5)6)18-24-38(36)55-40)54-44(53-42)49-35-22-16-31(17-23-35)41-51-37-27-33(46(7,8)11-3)19-25-39(37)56-41/h14-27,29H,9-13,28H2,1-8H3,(H3,47,48,49,52,53,54). The molecule has 0 aliphatic carbocycles. The molecule has 10 nitrogen and oxygen atoms in total. The summed E-state index contributed by atoms with van der Waals surface area (Å²) in [6.07, 6.45) is 5.67. The van der Waals surface area contributed by atoms with Crippen molar-refractivity contribution >= 4 is 51.4 Å². The van der Waals surface area contributed by atoms with E-state index in [9.17, 15) is 0 Å². The summed E-state index contributed by atoms with van der Waals surface area (Å²) in [4.78, 5) is 23.9. The van der Waals surface area contributed by atoms with Gasteiger partial charge >= 0.3 is 0 Å². The van der Waals surface area contributed by atoms with E-state index in [4.69, 9.17) is 33.8 Å². The van der Waals surface area contributed by atoms with Gasteiger partial charge < -0.3 is 24.8 Å². The predicted octanol–water partition coefficient (Wildman–Crippen LogP) is 12.6.